The van der Waals surface area contributed by atoms with Crippen molar-refractivity contribution in [1.29, 1.82) is 0 Å². The van der Waals surface area contributed by atoms with Crippen LogP contribution in [0.2, 0.25) is 0 Å². The zero-order valence-corrected chi connectivity index (χ0v) is 42.1. The minimum atomic E-state index is -1.88. The largest absolute Gasteiger partial charge is 0.467 e. The molecule has 6 aliphatic rings. The molecule has 0 radical (unpaired) electrons. The fraction of sp³-hybridized carbons (Fsp3) is 0.333. The van der Waals surface area contributed by atoms with Gasteiger partial charge in [-0.05, 0) is 81.1 Å². The number of Topliss-reactive ketones (excluding diaryl/α,β-unsaturated/α-hetero) is 1. The molecule has 6 aromatic rings. The highest BCUT2D eigenvalue weighted by Crippen LogP contribution is 2.50. The molecule has 2 aliphatic carbocycles. The monoisotopic (exact) mass is 1020 g/mol. The fourth-order valence-corrected chi connectivity index (χ4v) is 13.5. The van der Waals surface area contributed by atoms with Crippen molar-refractivity contribution >= 4 is 68.9 Å². The molecule has 6 amide bonds. The number of rotatable bonds is 11. The number of carbonyl (C=O) groups is 8. The van der Waals surface area contributed by atoms with Gasteiger partial charge in [0.05, 0.1) is 26.2 Å². The Morgan fingerprint density at radius 1 is 0.697 bits per heavy atom. The highest BCUT2D eigenvalue weighted by Gasteiger charge is 2.69. The molecule has 0 bridgehead atoms. The number of methoxy groups -OCH3 is 1. The van der Waals surface area contributed by atoms with Crippen molar-refractivity contribution in [3.8, 4) is 11.1 Å². The third-order valence-corrected chi connectivity index (χ3v) is 17.2. The Balaban J connectivity index is 0.806. The molecule has 0 aromatic heterocycles. The van der Waals surface area contributed by atoms with Crippen LogP contribution in [0.3, 0.4) is 0 Å². The SMILES string of the molecule is COC(=O)[C@]1(NC(=O)OCC2c3ccccc3-c3ccccc32)CC2C(=O)N[C@]3(CC4C(=O)N(Cc5cccc6ccccc56)[C@@]5(CC[C@H](C(=O)N[C@@H](Cc6cccc7ccccc67)C(C)=O)C5)C(=O)N4C3)C(=O)N2C1. The number of fused-ring (bicyclic) bond motifs is 7. The van der Waals surface area contributed by atoms with Gasteiger partial charge in [0.2, 0.25) is 23.6 Å². The first-order valence-corrected chi connectivity index (χ1v) is 25.9. The second kappa shape index (κ2) is 18.5. The van der Waals surface area contributed by atoms with Crippen molar-refractivity contribution in [1.82, 2.24) is 30.7 Å². The van der Waals surface area contributed by atoms with E-state index < -0.39 is 88.8 Å². The smallest absolute Gasteiger partial charge is 0.408 e. The van der Waals surface area contributed by atoms with Crippen LogP contribution in [0.4, 0.5) is 4.79 Å². The lowest BCUT2D eigenvalue weighted by Gasteiger charge is -2.49. The van der Waals surface area contributed by atoms with E-state index in [0.717, 1.165) is 62.0 Å². The van der Waals surface area contributed by atoms with Crippen molar-refractivity contribution in [3.05, 3.63) is 156 Å². The van der Waals surface area contributed by atoms with Gasteiger partial charge in [0.1, 0.15) is 29.8 Å². The molecule has 5 fully saturated rings. The second-order valence-corrected chi connectivity index (χ2v) is 21.4. The van der Waals surface area contributed by atoms with Crippen LogP contribution >= 0.6 is 0 Å². The quantitative estimate of drug-likeness (QED) is 0.135. The number of piperazine rings is 2. The first-order chi connectivity index (χ1) is 36.7. The van der Waals surface area contributed by atoms with Gasteiger partial charge in [-0.3, -0.25) is 28.8 Å². The van der Waals surface area contributed by atoms with E-state index in [9.17, 15) is 24.0 Å². The van der Waals surface area contributed by atoms with Crippen LogP contribution < -0.4 is 16.0 Å². The molecule has 6 aromatic carbocycles. The van der Waals surface area contributed by atoms with E-state index >= 15 is 14.4 Å². The van der Waals surface area contributed by atoms with E-state index in [1.165, 1.54) is 16.7 Å². The summed E-state index contributed by atoms with van der Waals surface area (Å²) >= 11 is 0. The number of ketones is 1. The number of alkyl carbamates (subject to hydrolysis) is 1. The minimum absolute atomic E-state index is 0.0203. The lowest BCUT2D eigenvalue weighted by molar-refractivity contribution is -0.169. The van der Waals surface area contributed by atoms with Crippen molar-refractivity contribution in [2.24, 2.45) is 5.92 Å². The molecule has 1 saturated carbocycles. The first-order valence-electron chi connectivity index (χ1n) is 25.9. The summed E-state index contributed by atoms with van der Waals surface area (Å²) in [5, 5.41) is 12.4. The van der Waals surface area contributed by atoms with E-state index in [2.05, 4.69) is 16.0 Å². The Bertz CT molecular complexity index is 3420. The number of nitrogens with one attached hydrogen (secondary N) is 3. The van der Waals surface area contributed by atoms with Crippen molar-refractivity contribution in [2.45, 2.75) is 92.7 Å². The molecule has 4 saturated heterocycles. The molecule has 2 unspecified atom stereocenters. The maximum absolute atomic E-state index is 15.6. The molecule has 4 heterocycles. The normalized spacial score (nSPS) is 25.8. The summed E-state index contributed by atoms with van der Waals surface area (Å²) in [7, 11) is 1.15. The van der Waals surface area contributed by atoms with Crippen LogP contribution in [0, 0.1) is 5.92 Å². The first kappa shape index (κ1) is 48.5. The molecule has 16 heteroatoms. The maximum Gasteiger partial charge on any atom is 0.408 e. The number of hydrogen-bond acceptors (Lipinski definition) is 10. The number of amides is 6. The Labute approximate surface area is 438 Å². The highest BCUT2D eigenvalue weighted by molar-refractivity contribution is 6.07. The molecule has 386 valence electrons. The lowest BCUT2D eigenvalue weighted by Crippen LogP contribution is -2.70. The van der Waals surface area contributed by atoms with Gasteiger partial charge in [0, 0.05) is 37.6 Å². The summed E-state index contributed by atoms with van der Waals surface area (Å²) in [4.78, 5) is 120. The van der Waals surface area contributed by atoms with Crippen molar-refractivity contribution in [3.63, 3.8) is 0 Å². The predicted molar refractivity (Wildman–Crippen MR) is 279 cm³/mol. The van der Waals surface area contributed by atoms with Crippen LogP contribution in [0.25, 0.3) is 32.7 Å². The van der Waals surface area contributed by atoms with Gasteiger partial charge in [-0.1, -0.05) is 133 Å². The Morgan fingerprint density at radius 3 is 1.97 bits per heavy atom. The average molecular weight is 1020 g/mol. The van der Waals surface area contributed by atoms with Gasteiger partial charge >= 0.3 is 12.1 Å². The van der Waals surface area contributed by atoms with E-state index in [-0.39, 0.29) is 69.9 Å². The molecule has 4 aliphatic heterocycles. The average Bonchev–Trinajstić information content (AvgIpc) is 4.35. The van der Waals surface area contributed by atoms with Gasteiger partial charge in [-0.25, -0.2) is 9.59 Å². The van der Waals surface area contributed by atoms with Crippen LogP contribution in [0.1, 0.15) is 67.2 Å². The summed E-state index contributed by atoms with van der Waals surface area (Å²) in [6.45, 7) is 0.620. The maximum atomic E-state index is 15.6. The minimum Gasteiger partial charge on any atom is -0.467 e. The summed E-state index contributed by atoms with van der Waals surface area (Å²) in [6, 6.07) is 39.7. The Kier molecular flexibility index (Phi) is 11.8. The van der Waals surface area contributed by atoms with E-state index in [1.807, 2.05) is 133 Å². The topological polar surface area (TPSA) is 201 Å². The molecule has 16 nitrogen and oxygen atoms in total. The van der Waals surface area contributed by atoms with Crippen LogP contribution in [-0.2, 0) is 56.0 Å². The van der Waals surface area contributed by atoms with Crippen molar-refractivity contribution < 1.29 is 47.8 Å². The number of benzene rings is 6. The number of nitrogens with zero attached hydrogens (tertiary/aromatic N) is 3. The van der Waals surface area contributed by atoms with Crippen LogP contribution in [0.5, 0.6) is 0 Å². The zero-order chi connectivity index (χ0) is 52.7. The molecular formula is C60H56N6O10. The van der Waals surface area contributed by atoms with Gasteiger partial charge < -0.3 is 40.1 Å². The second-order valence-electron chi connectivity index (χ2n) is 21.4. The van der Waals surface area contributed by atoms with Gasteiger partial charge in [0.15, 0.2) is 11.3 Å². The number of esters is 1. The van der Waals surface area contributed by atoms with Crippen molar-refractivity contribution in [2.75, 3.05) is 26.8 Å². The molecule has 7 atom stereocenters. The highest BCUT2D eigenvalue weighted by atomic mass is 16.6. The number of carbonyl (C=O) groups excluding carboxylic acids is 8. The summed E-state index contributed by atoms with van der Waals surface area (Å²) < 4.78 is 11.1. The van der Waals surface area contributed by atoms with Crippen LogP contribution in [0.15, 0.2) is 133 Å². The molecule has 3 N–H and O–H groups in total. The predicted octanol–water partition coefficient (Wildman–Crippen LogP) is 5.71. The third-order valence-electron chi connectivity index (χ3n) is 17.2. The fourth-order valence-electron chi connectivity index (χ4n) is 13.5. The molecule has 2 spiro atoms. The molecule has 76 heavy (non-hydrogen) atoms. The summed E-state index contributed by atoms with van der Waals surface area (Å²) in [6.07, 6.45) is -0.936. The van der Waals surface area contributed by atoms with E-state index in [4.69, 9.17) is 9.47 Å². The van der Waals surface area contributed by atoms with Crippen LogP contribution in [-0.4, -0.2) is 124 Å². The Hall–Kier alpha value is -8.40. The van der Waals surface area contributed by atoms with E-state index in [1.54, 1.807) is 4.90 Å². The standard InChI is InChI=1S/C60H56N6O10/c1-35(67)48(27-38-17-11-15-36-13-3-5-19-41(36)38)61-51(68)39-25-26-60(28-39)55(72)65-33-58(30-50(65)53(70)66(60)31-40-18-12-16-37-14-4-6-20-42(37)40)54(71)64-34-59(56(73)75-2,29-49(64)52(69)62-58)63-57(74)76-32-47-45-23-9-7-21-43(45)44-22-8-10-24-46(44)47/h3-24,39,47-50H,25-34H2,1-2H3,(H,61,68)(H,62,69)(H,63,74)/t39-,48-,49?,50?,58-,59-,60+/m0/s1. The third kappa shape index (κ3) is 7.78. The number of ether oxygens (including phenoxy) is 2. The summed E-state index contributed by atoms with van der Waals surface area (Å²) in [5.74, 6) is -4.67. The van der Waals surface area contributed by atoms with E-state index in [0.29, 0.717) is 0 Å². The summed E-state index contributed by atoms with van der Waals surface area (Å²) in [5.41, 5.74) is 0.543. The molecule has 12 rings (SSSR count). The molecular weight excluding hydrogens is 965 g/mol. The zero-order valence-electron chi connectivity index (χ0n) is 42.1. The Morgan fingerprint density at radius 2 is 1.30 bits per heavy atom. The number of hydrogen-bond donors (Lipinski definition) is 3. The van der Waals surface area contributed by atoms with Gasteiger partial charge in [0.25, 0.3) is 5.91 Å². The van der Waals surface area contributed by atoms with Gasteiger partial charge in [-0.15, -0.1) is 0 Å². The lowest BCUT2D eigenvalue weighted by atomic mass is 9.85. The van der Waals surface area contributed by atoms with Gasteiger partial charge in [-0.2, -0.15) is 0 Å².